The third-order valence-corrected chi connectivity index (χ3v) is 2.09. The van der Waals surface area contributed by atoms with Gasteiger partial charge in [-0.3, -0.25) is 5.32 Å². The molecule has 1 amide bonds. The van der Waals surface area contributed by atoms with Gasteiger partial charge >= 0.3 is 6.09 Å². The molecule has 1 heterocycles. The Morgan fingerprint density at radius 2 is 2.12 bits per heavy atom. The summed E-state index contributed by atoms with van der Waals surface area (Å²) in [5, 5.41) is 9.48. The minimum absolute atomic E-state index is 0.205. The summed E-state index contributed by atoms with van der Waals surface area (Å²) in [4.78, 5) is 11.4. The van der Waals surface area contributed by atoms with Crippen molar-refractivity contribution in [1.82, 2.24) is 10.3 Å². The number of hydrogen-bond acceptors (Lipinski definition) is 5. The number of benzene rings is 1. The lowest BCUT2D eigenvalue weighted by molar-refractivity contribution is 0.155. The third kappa shape index (κ3) is 3.04. The number of carbonyl (C=O) groups is 1. The van der Waals surface area contributed by atoms with Crippen LogP contribution in [-0.4, -0.2) is 16.4 Å². The van der Waals surface area contributed by atoms with Crippen LogP contribution in [0.4, 0.5) is 10.6 Å². The first-order valence-corrected chi connectivity index (χ1v) is 5.02. The monoisotopic (exact) mass is 233 g/mol. The number of aromatic nitrogens is 2. The van der Waals surface area contributed by atoms with Crippen LogP contribution in [0.3, 0.4) is 0 Å². The van der Waals surface area contributed by atoms with Crippen LogP contribution in [-0.2, 0) is 11.3 Å². The Balaban J connectivity index is 1.85. The molecule has 2 rings (SSSR count). The normalized spacial score (nSPS) is 9.94. The van der Waals surface area contributed by atoms with Gasteiger partial charge in [0.2, 0.25) is 5.82 Å². The Labute approximate surface area is 97.5 Å². The van der Waals surface area contributed by atoms with Crippen LogP contribution in [0, 0.1) is 6.92 Å². The highest BCUT2D eigenvalue weighted by molar-refractivity contribution is 5.83. The fourth-order valence-electron chi connectivity index (χ4n) is 1.20. The standard InChI is InChI=1S/C11H11N3O3/c1-8-10(14-17-13-8)12-11(15)16-7-9-5-3-2-4-6-9/h2-6H,7H2,1H3,(H,12,14,15). The van der Waals surface area contributed by atoms with Crippen molar-refractivity contribution in [3.63, 3.8) is 0 Å². The molecule has 2 aromatic rings. The number of rotatable bonds is 3. The summed E-state index contributed by atoms with van der Waals surface area (Å²) in [6.07, 6.45) is -0.590. The summed E-state index contributed by atoms with van der Waals surface area (Å²) in [7, 11) is 0. The maximum atomic E-state index is 11.4. The van der Waals surface area contributed by atoms with Gasteiger partial charge in [-0.05, 0) is 17.6 Å². The van der Waals surface area contributed by atoms with Gasteiger partial charge in [-0.25, -0.2) is 9.42 Å². The van der Waals surface area contributed by atoms with Crippen LogP contribution in [0.2, 0.25) is 0 Å². The molecule has 0 aliphatic heterocycles. The van der Waals surface area contributed by atoms with Gasteiger partial charge in [0.25, 0.3) is 0 Å². The highest BCUT2D eigenvalue weighted by Gasteiger charge is 2.10. The van der Waals surface area contributed by atoms with E-state index in [1.54, 1.807) is 6.92 Å². The number of anilines is 1. The SMILES string of the molecule is Cc1nonc1NC(=O)OCc1ccccc1. The van der Waals surface area contributed by atoms with Crippen molar-refractivity contribution in [1.29, 1.82) is 0 Å². The van der Waals surface area contributed by atoms with Crippen molar-refractivity contribution in [3.8, 4) is 0 Å². The molecule has 88 valence electrons. The van der Waals surface area contributed by atoms with Crippen LogP contribution in [0.25, 0.3) is 0 Å². The average molecular weight is 233 g/mol. The van der Waals surface area contributed by atoms with Crippen LogP contribution in [0.15, 0.2) is 35.0 Å². The van der Waals surface area contributed by atoms with E-state index in [9.17, 15) is 4.79 Å². The number of aryl methyl sites for hydroxylation is 1. The van der Waals surface area contributed by atoms with Gasteiger partial charge in [-0.15, -0.1) is 0 Å². The highest BCUT2D eigenvalue weighted by atomic mass is 16.6. The Morgan fingerprint density at radius 1 is 1.35 bits per heavy atom. The van der Waals surface area contributed by atoms with Gasteiger partial charge in [0.1, 0.15) is 12.3 Å². The molecule has 6 heteroatoms. The predicted octanol–water partition coefficient (Wildman–Crippen LogP) is 2.13. The summed E-state index contributed by atoms with van der Waals surface area (Å²) >= 11 is 0. The molecule has 6 nitrogen and oxygen atoms in total. The summed E-state index contributed by atoms with van der Waals surface area (Å²) in [6, 6.07) is 9.39. The topological polar surface area (TPSA) is 77.3 Å². The Bertz CT molecular complexity index is 496. The van der Waals surface area contributed by atoms with E-state index < -0.39 is 6.09 Å². The zero-order valence-corrected chi connectivity index (χ0v) is 9.21. The number of carbonyl (C=O) groups excluding carboxylic acids is 1. The number of nitrogens with one attached hydrogen (secondary N) is 1. The van der Waals surface area contributed by atoms with Gasteiger partial charge in [0.05, 0.1) is 0 Å². The van der Waals surface area contributed by atoms with Crippen molar-refractivity contribution < 1.29 is 14.2 Å². The van der Waals surface area contributed by atoms with Crippen LogP contribution in [0.5, 0.6) is 0 Å². The first-order valence-electron chi connectivity index (χ1n) is 5.02. The fourth-order valence-corrected chi connectivity index (χ4v) is 1.20. The number of nitrogens with zero attached hydrogens (tertiary/aromatic N) is 2. The lowest BCUT2D eigenvalue weighted by atomic mass is 10.2. The molecule has 1 aromatic heterocycles. The van der Waals surface area contributed by atoms with E-state index in [0.717, 1.165) is 5.56 Å². The van der Waals surface area contributed by atoms with Crippen LogP contribution in [0.1, 0.15) is 11.3 Å². The van der Waals surface area contributed by atoms with Crippen molar-refractivity contribution in [3.05, 3.63) is 41.6 Å². The smallest absolute Gasteiger partial charge is 0.413 e. The minimum Gasteiger partial charge on any atom is -0.444 e. The largest absolute Gasteiger partial charge is 0.444 e. The van der Waals surface area contributed by atoms with Gasteiger partial charge in [0, 0.05) is 0 Å². The second kappa shape index (κ2) is 5.11. The lowest BCUT2D eigenvalue weighted by Gasteiger charge is -2.04. The van der Waals surface area contributed by atoms with E-state index in [4.69, 9.17) is 4.74 Å². The Hall–Kier alpha value is -2.37. The van der Waals surface area contributed by atoms with Crippen molar-refractivity contribution in [2.75, 3.05) is 5.32 Å². The van der Waals surface area contributed by atoms with E-state index in [2.05, 4.69) is 20.3 Å². The summed E-state index contributed by atoms with van der Waals surface area (Å²) in [5.74, 6) is 0.267. The maximum absolute atomic E-state index is 11.4. The molecule has 0 saturated carbocycles. The molecular weight excluding hydrogens is 222 g/mol. The second-order valence-corrected chi connectivity index (χ2v) is 3.38. The van der Waals surface area contributed by atoms with E-state index in [1.165, 1.54) is 0 Å². The molecule has 0 aliphatic carbocycles. The molecule has 1 aromatic carbocycles. The van der Waals surface area contributed by atoms with Crippen molar-refractivity contribution >= 4 is 11.9 Å². The van der Waals surface area contributed by atoms with Gasteiger partial charge < -0.3 is 4.74 Å². The fraction of sp³-hybridized carbons (Fsp3) is 0.182. The zero-order chi connectivity index (χ0) is 12.1. The lowest BCUT2D eigenvalue weighted by Crippen LogP contribution is -2.14. The molecular formula is C11H11N3O3. The molecule has 0 unspecified atom stereocenters. The molecule has 0 spiro atoms. The molecule has 0 fully saturated rings. The van der Waals surface area contributed by atoms with E-state index in [1.807, 2.05) is 30.3 Å². The minimum atomic E-state index is -0.590. The third-order valence-electron chi connectivity index (χ3n) is 2.09. The molecule has 0 saturated heterocycles. The average Bonchev–Trinajstić information content (AvgIpc) is 2.74. The van der Waals surface area contributed by atoms with Crippen molar-refractivity contribution in [2.24, 2.45) is 0 Å². The first-order chi connectivity index (χ1) is 8.25. The van der Waals surface area contributed by atoms with Gasteiger partial charge in [-0.1, -0.05) is 35.5 Å². The quantitative estimate of drug-likeness (QED) is 0.878. The van der Waals surface area contributed by atoms with Gasteiger partial charge in [0.15, 0.2) is 0 Å². The summed E-state index contributed by atoms with van der Waals surface area (Å²) < 4.78 is 9.44. The molecule has 0 bridgehead atoms. The van der Waals surface area contributed by atoms with Gasteiger partial charge in [-0.2, -0.15) is 0 Å². The van der Waals surface area contributed by atoms with Crippen LogP contribution >= 0.6 is 0 Å². The molecule has 0 aliphatic rings. The number of ether oxygens (including phenoxy) is 1. The molecule has 0 atom stereocenters. The first kappa shape index (κ1) is 11.1. The second-order valence-electron chi connectivity index (χ2n) is 3.38. The highest BCUT2D eigenvalue weighted by Crippen LogP contribution is 2.08. The molecule has 17 heavy (non-hydrogen) atoms. The summed E-state index contributed by atoms with van der Waals surface area (Å²) in [5.41, 5.74) is 1.42. The van der Waals surface area contributed by atoms with Crippen molar-refractivity contribution in [2.45, 2.75) is 13.5 Å². The number of amides is 1. The van der Waals surface area contributed by atoms with E-state index >= 15 is 0 Å². The Morgan fingerprint density at radius 3 is 2.76 bits per heavy atom. The van der Waals surface area contributed by atoms with E-state index in [0.29, 0.717) is 5.69 Å². The summed E-state index contributed by atoms with van der Waals surface area (Å²) in [6.45, 7) is 1.88. The van der Waals surface area contributed by atoms with E-state index in [-0.39, 0.29) is 12.4 Å². The molecule has 0 radical (unpaired) electrons. The molecule has 1 N–H and O–H groups in total. The van der Waals surface area contributed by atoms with Crippen LogP contribution < -0.4 is 5.32 Å². The predicted molar refractivity (Wildman–Crippen MR) is 59.3 cm³/mol. The maximum Gasteiger partial charge on any atom is 0.413 e. The number of hydrogen-bond donors (Lipinski definition) is 1. The zero-order valence-electron chi connectivity index (χ0n) is 9.21. The Kier molecular flexibility index (Phi) is 3.34.